The number of benzene rings is 2. The molecule has 0 saturated carbocycles. The number of rotatable bonds is 7. The van der Waals surface area contributed by atoms with E-state index in [9.17, 15) is 32.5 Å². The first-order valence-electron chi connectivity index (χ1n) is 14.6. The first-order valence-corrected chi connectivity index (χ1v) is 16.5. The number of nitrogens with one attached hydrogen (secondary N) is 2. The van der Waals surface area contributed by atoms with Crippen molar-refractivity contribution in [3.8, 4) is 34.7 Å². The van der Waals surface area contributed by atoms with E-state index in [0.29, 0.717) is 28.1 Å². The Balaban J connectivity index is -0.000000776. The first-order chi connectivity index (χ1) is 23.5. The molecule has 0 fully saturated rings. The quantitative estimate of drug-likeness (QED) is 0.0870. The summed E-state index contributed by atoms with van der Waals surface area (Å²) in [5.74, 6) is -0.947. The third-order valence-corrected chi connectivity index (χ3v) is 7.45. The van der Waals surface area contributed by atoms with Gasteiger partial charge in [-0.15, -0.1) is 0 Å². The molecule has 0 aliphatic rings. The van der Waals surface area contributed by atoms with Gasteiger partial charge in [-0.05, 0) is 74.5 Å². The van der Waals surface area contributed by atoms with Crippen LogP contribution < -0.4 is 123 Å². The average molecular weight is 791 g/mol. The van der Waals surface area contributed by atoms with Crippen LogP contribution >= 0.6 is 0 Å². The second-order valence-corrected chi connectivity index (χ2v) is 12.8. The van der Waals surface area contributed by atoms with Gasteiger partial charge in [0, 0.05) is 23.9 Å². The minimum Gasteiger partial charge on any atom is -1.00 e. The van der Waals surface area contributed by atoms with E-state index in [1.54, 1.807) is 0 Å². The van der Waals surface area contributed by atoms with Crippen LogP contribution in [0.1, 0.15) is 63.5 Å². The van der Waals surface area contributed by atoms with Crippen LogP contribution in [0.15, 0.2) is 53.3 Å². The number of hydrogen-bond donors (Lipinski definition) is 2. The van der Waals surface area contributed by atoms with Gasteiger partial charge in [0.1, 0.15) is 29.3 Å². The summed E-state index contributed by atoms with van der Waals surface area (Å²) in [6.45, 7) is 7.27. The molecule has 4 rings (SSSR count). The summed E-state index contributed by atoms with van der Waals surface area (Å²) in [5.41, 5.74) is 2.67. The summed E-state index contributed by atoms with van der Waals surface area (Å²) in [7, 11) is 1.53. The smallest absolute Gasteiger partial charge is 1.00 e. The number of aromatic nitrogens is 4. The van der Waals surface area contributed by atoms with E-state index in [0.717, 1.165) is 10.6 Å². The topological polar surface area (TPSA) is 218 Å². The Morgan fingerprint density at radius 1 is 0.885 bits per heavy atom. The van der Waals surface area contributed by atoms with E-state index >= 15 is 0 Å². The molecule has 268 valence electrons. The Labute approximate surface area is 388 Å². The number of anilines is 1. The number of carbonyl (C=O) groups is 1. The fourth-order valence-corrected chi connectivity index (χ4v) is 4.33. The zero-order valence-corrected chi connectivity index (χ0v) is 37.7. The average Bonchev–Trinajstić information content (AvgIpc) is 3.07. The Hall–Kier alpha value is -2.35. The van der Waals surface area contributed by atoms with Crippen molar-refractivity contribution >= 4 is 22.4 Å². The van der Waals surface area contributed by atoms with Gasteiger partial charge in [0.2, 0.25) is 16.0 Å². The monoisotopic (exact) mass is 790 g/mol. The molecule has 0 saturated heterocycles. The number of halogens is 2. The number of nitrogens with zero attached hydrogens (tertiary/aromatic N) is 6. The van der Waals surface area contributed by atoms with Gasteiger partial charge in [-0.2, -0.15) is 15.5 Å². The van der Waals surface area contributed by atoms with E-state index < -0.39 is 21.5 Å². The van der Waals surface area contributed by atoms with E-state index in [1.165, 1.54) is 55.6 Å². The fourth-order valence-electron chi connectivity index (χ4n) is 3.95. The summed E-state index contributed by atoms with van der Waals surface area (Å²) in [6.07, 6.45) is 1.04. The van der Waals surface area contributed by atoms with Crippen LogP contribution in [0.4, 0.5) is 14.7 Å². The van der Waals surface area contributed by atoms with Crippen LogP contribution in [0.2, 0.25) is 0 Å². The summed E-state index contributed by atoms with van der Waals surface area (Å²) >= 11 is 0. The molecular formula is C33H38F2K2N8O6S. The zero-order chi connectivity index (χ0) is 38.2. The molecule has 14 nitrogen and oxygen atoms in total. The van der Waals surface area contributed by atoms with E-state index in [4.69, 9.17) is 10.1 Å². The van der Waals surface area contributed by atoms with E-state index in [1.807, 2.05) is 41.8 Å². The van der Waals surface area contributed by atoms with Gasteiger partial charge in [-0.25, -0.2) is 36.3 Å². The van der Waals surface area contributed by atoms with Gasteiger partial charge in [-0.3, -0.25) is 4.79 Å². The molecule has 52 heavy (non-hydrogen) atoms. The minimum atomic E-state index is -3.56. The standard InChI is InChI=1S/C16H17FN4O2S.C14H12FN3O.C2H7N.CH2O3.2K.H/c1-10(2)14-13(9-18)15(11-5-7-12(17)8-6-11)20-16(19-14)21(3)24(4,22)23;1-8(2)12-11(7-16)13(18-14(19)17-12)9-3-5-10(15)6-4-9;1-3-2;2-1-4-3;;;/h5-8,10H,1-4H3;3-6,8H,1-2H3,(H,17,18,19);3H,1-2H3;1,3H;;;/q;;;;2*+1;-1/p-1. The summed E-state index contributed by atoms with van der Waals surface area (Å²) in [6, 6.07) is 15.2. The zero-order valence-electron chi connectivity index (χ0n) is 31.6. The SMILES string of the molecule is CC(C)c1[nH]c(=O)nc(-c2ccc(F)cc2)c1C#N.CC(C)c1nc(N(C)S(C)(=O)=O)nc(-c2ccc(F)cc2)c1C#N.CNC.O=CO[O-].[H-].[K+].[K+]. The maximum absolute atomic E-state index is 13.2. The fraction of sp³-hybridized carbons (Fsp3) is 0.303. The van der Waals surface area contributed by atoms with Crippen LogP contribution in [0.5, 0.6) is 0 Å². The van der Waals surface area contributed by atoms with Crippen molar-refractivity contribution in [2.24, 2.45) is 0 Å². The molecule has 0 atom stereocenters. The molecule has 19 heteroatoms. The second kappa shape index (κ2) is 25.6. The predicted octanol–water partition coefficient (Wildman–Crippen LogP) is -2.36. The van der Waals surface area contributed by atoms with Crippen molar-refractivity contribution in [2.45, 2.75) is 39.5 Å². The van der Waals surface area contributed by atoms with Crippen LogP contribution in [-0.4, -0.2) is 62.2 Å². The first kappa shape index (κ1) is 51.8. The van der Waals surface area contributed by atoms with Crippen molar-refractivity contribution in [1.82, 2.24) is 25.3 Å². The summed E-state index contributed by atoms with van der Waals surface area (Å²) in [4.78, 5) is 37.7. The van der Waals surface area contributed by atoms with E-state index in [2.05, 4.69) is 42.3 Å². The maximum atomic E-state index is 13.2. The minimum absolute atomic E-state index is 0. The molecule has 0 aliphatic heterocycles. The maximum Gasteiger partial charge on any atom is 1.00 e. The number of sulfonamides is 1. The molecule has 0 unspecified atom stereocenters. The second-order valence-electron chi connectivity index (χ2n) is 10.8. The normalized spacial score (nSPS) is 9.83. The van der Waals surface area contributed by atoms with Gasteiger partial charge >= 0.3 is 108 Å². The molecule has 0 bridgehead atoms. The molecule has 0 amide bonds. The Kier molecular flexibility index (Phi) is 25.5. The molecule has 2 aromatic heterocycles. The Bertz CT molecular complexity index is 1990. The van der Waals surface area contributed by atoms with Gasteiger partial charge < -0.3 is 21.9 Å². The van der Waals surface area contributed by atoms with Crippen molar-refractivity contribution in [1.29, 1.82) is 10.5 Å². The number of carbonyl (C=O) groups excluding carboxylic acids is 1. The van der Waals surface area contributed by atoms with Gasteiger partial charge in [-0.1, -0.05) is 27.7 Å². The van der Waals surface area contributed by atoms with Crippen LogP contribution in [0.3, 0.4) is 0 Å². The third kappa shape index (κ3) is 15.9. The molecule has 2 N–H and O–H groups in total. The van der Waals surface area contributed by atoms with Crippen molar-refractivity contribution in [3.05, 3.63) is 93.2 Å². The number of H-pyrrole nitrogens is 1. The largest absolute Gasteiger partial charge is 1.00 e. The van der Waals surface area contributed by atoms with Crippen molar-refractivity contribution < 1.29 is 136 Å². The molecule has 2 aromatic carbocycles. The number of aromatic amines is 1. The molecule has 0 aliphatic carbocycles. The van der Waals surface area contributed by atoms with Crippen molar-refractivity contribution in [3.63, 3.8) is 0 Å². The van der Waals surface area contributed by atoms with Gasteiger partial charge in [0.25, 0.3) is 6.47 Å². The molecular weight excluding hydrogens is 753 g/mol. The molecule has 2 heterocycles. The van der Waals surface area contributed by atoms with Gasteiger partial charge in [0.15, 0.2) is 0 Å². The van der Waals surface area contributed by atoms with Crippen molar-refractivity contribution in [2.75, 3.05) is 31.7 Å². The van der Waals surface area contributed by atoms with Crippen LogP contribution in [0.25, 0.3) is 22.5 Å². The van der Waals surface area contributed by atoms with Crippen LogP contribution in [0, 0.1) is 34.3 Å². The molecule has 0 radical (unpaired) electrons. The van der Waals surface area contributed by atoms with E-state index in [-0.39, 0.29) is 151 Å². The number of hydrogen-bond acceptors (Lipinski definition) is 12. The summed E-state index contributed by atoms with van der Waals surface area (Å²) in [5, 5.41) is 30.0. The molecule has 0 spiro atoms. The number of nitriles is 2. The van der Waals surface area contributed by atoms with Gasteiger partial charge in [0.05, 0.1) is 28.9 Å². The predicted molar refractivity (Wildman–Crippen MR) is 182 cm³/mol. The Morgan fingerprint density at radius 2 is 1.29 bits per heavy atom. The Morgan fingerprint density at radius 3 is 1.62 bits per heavy atom. The molecule has 4 aromatic rings. The summed E-state index contributed by atoms with van der Waals surface area (Å²) < 4.78 is 50.6. The third-order valence-electron chi connectivity index (χ3n) is 6.29. The van der Waals surface area contributed by atoms with Crippen LogP contribution in [-0.2, 0) is 19.7 Å².